The molecule has 0 fully saturated rings. The molecular weight excluding hydrogens is 254 g/mol. The number of aryl methyl sites for hydroxylation is 1. The minimum Gasteiger partial charge on any atom is -0.380 e. The lowest BCUT2D eigenvalue weighted by Gasteiger charge is -2.14. The number of aromatic nitrogens is 2. The molecule has 0 aliphatic carbocycles. The summed E-state index contributed by atoms with van der Waals surface area (Å²) >= 11 is 2.83. The Morgan fingerprint density at radius 2 is 2.25 bits per heavy atom. The van der Waals surface area contributed by atoms with Crippen LogP contribution < -0.4 is 0 Å². The topological polar surface area (TPSA) is 46.0 Å². The van der Waals surface area contributed by atoms with Crippen LogP contribution in [0.1, 0.15) is 16.7 Å². The standard InChI is InChI=1S/C5H5BrF2N2OS/c1-2-3(12-10-9-2)4(11)5(6,7)8/h4,11H,1H3. The summed E-state index contributed by atoms with van der Waals surface area (Å²) < 4.78 is 28.4. The molecule has 12 heavy (non-hydrogen) atoms. The van der Waals surface area contributed by atoms with Crippen LogP contribution >= 0.6 is 27.5 Å². The zero-order valence-electron chi connectivity index (χ0n) is 5.96. The zero-order chi connectivity index (χ0) is 9.35. The molecule has 3 nitrogen and oxygen atoms in total. The van der Waals surface area contributed by atoms with Gasteiger partial charge in [-0.15, -0.1) is 5.10 Å². The van der Waals surface area contributed by atoms with Gasteiger partial charge in [0, 0.05) is 0 Å². The van der Waals surface area contributed by atoms with Gasteiger partial charge in [-0.3, -0.25) is 0 Å². The largest absolute Gasteiger partial charge is 0.380 e. The van der Waals surface area contributed by atoms with Crippen LogP contribution in [0.4, 0.5) is 8.78 Å². The van der Waals surface area contributed by atoms with E-state index in [4.69, 9.17) is 5.11 Å². The molecule has 1 N–H and O–H groups in total. The molecule has 0 aromatic carbocycles. The predicted octanol–water partition coefficient (Wildman–Crippen LogP) is 1.87. The average Bonchev–Trinajstić information content (AvgIpc) is 2.31. The van der Waals surface area contributed by atoms with E-state index >= 15 is 0 Å². The molecule has 0 bridgehead atoms. The van der Waals surface area contributed by atoms with Crippen molar-refractivity contribution in [3.63, 3.8) is 0 Å². The smallest absolute Gasteiger partial charge is 0.331 e. The van der Waals surface area contributed by atoms with Gasteiger partial charge in [0.2, 0.25) is 0 Å². The predicted molar refractivity (Wildman–Crippen MR) is 43.5 cm³/mol. The Kier molecular flexibility index (Phi) is 2.74. The van der Waals surface area contributed by atoms with Crippen LogP contribution in [0.2, 0.25) is 0 Å². The van der Waals surface area contributed by atoms with E-state index in [1.165, 1.54) is 6.92 Å². The van der Waals surface area contributed by atoms with E-state index in [-0.39, 0.29) is 4.88 Å². The fourth-order valence-corrected chi connectivity index (χ4v) is 1.69. The summed E-state index contributed by atoms with van der Waals surface area (Å²) in [6.45, 7) is 1.51. The third-order valence-corrected chi connectivity index (χ3v) is 2.56. The van der Waals surface area contributed by atoms with Crippen molar-refractivity contribution in [2.24, 2.45) is 0 Å². The van der Waals surface area contributed by atoms with Gasteiger partial charge in [-0.25, -0.2) is 0 Å². The van der Waals surface area contributed by atoms with E-state index in [0.717, 1.165) is 11.5 Å². The number of nitrogens with zero attached hydrogens (tertiary/aromatic N) is 2. The summed E-state index contributed by atoms with van der Waals surface area (Å²) in [7, 11) is 0. The van der Waals surface area contributed by atoms with Gasteiger partial charge in [0.15, 0.2) is 6.10 Å². The second kappa shape index (κ2) is 3.31. The number of hydrogen-bond donors (Lipinski definition) is 1. The number of aliphatic hydroxyl groups excluding tert-OH is 1. The molecule has 0 saturated heterocycles. The molecule has 1 rings (SSSR count). The van der Waals surface area contributed by atoms with Crippen molar-refractivity contribution in [3.8, 4) is 0 Å². The molecule has 0 spiro atoms. The van der Waals surface area contributed by atoms with Crippen molar-refractivity contribution in [2.75, 3.05) is 0 Å². The van der Waals surface area contributed by atoms with E-state index in [1.54, 1.807) is 0 Å². The van der Waals surface area contributed by atoms with Crippen molar-refractivity contribution < 1.29 is 13.9 Å². The highest BCUT2D eigenvalue weighted by Crippen LogP contribution is 2.38. The third kappa shape index (κ3) is 1.96. The van der Waals surface area contributed by atoms with Crippen LogP contribution in [0.15, 0.2) is 0 Å². The molecule has 0 radical (unpaired) electrons. The fourth-order valence-electron chi connectivity index (χ4n) is 0.637. The van der Waals surface area contributed by atoms with Crippen LogP contribution in [-0.4, -0.2) is 19.5 Å². The van der Waals surface area contributed by atoms with E-state index < -0.39 is 10.9 Å². The van der Waals surface area contributed by atoms with Crippen LogP contribution in [0, 0.1) is 6.92 Å². The van der Waals surface area contributed by atoms with Gasteiger partial charge in [-0.05, 0) is 34.4 Å². The van der Waals surface area contributed by atoms with Gasteiger partial charge in [0.05, 0.1) is 10.6 Å². The van der Waals surface area contributed by atoms with Gasteiger partial charge in [0.1, 0.15) is 0 Å². The van der Waals surface area contributed by atoms with Crippen molar-refractivity contribution in [1.29, 1.82) is 0 Å². The molecule has 1 unspecified atom stereocenters. The van der Waals surface area contributed by atoms with Gasteiger partial charge in [-0.2, -0.15) is 8.78 Å². The highest BCUT2D eigenvalue weighted by Gasteiger charge is 2.38. The highest BCUT2D eigenvalue weighted by molar-refractivity contribution is 9.10. The molecular formula is C5H5BrF2N2OS. The molecule has 0 saturated carbocycles. The first-order chi connectivity index (χ1) is 5.43. The Morgan fingerprint density at radius 3 is 2.58 bits per heavy atom. The lowest BCUT2D eigenvalue weighted by molar-refractivity contribution is -0.0279. The van der Waals surface area contributed by atoms with Crippen molar-refractivity contribution in [1.82, 2.24) is 9.59 Å². The number of halogens is 3. The molecule has 1 aromatic heterocycles. The van der Waals surface area contributed by atoms with Crippen LogP contribution in [0.5, 0.6) is 0 Å². The summed E-state index contributed by atoms with van der Waals surface area (Å²) in [6, 6.07) is 0. The number of aliphatic hydroxyl groups is 1. The first-order valence-electron chi connectivity index (χ1n) is 2.96. The molecule has 1 aromatic rings. The summed E-state index contributed by atoms with van der Waals surface area (Å²) in [5.74, 6) is 0. The minimum atomic E-state index is -3.33. The van der Waals surface area contributed by atoms with Crippen molar-refractivity contribution >= 4 is 27.5 Å². The monoisotopic (exact) mass is 258 g/mol. The van der Waals surface area contributed by atoms with E-state index in [9.17, 15) is 8.78 Å². The van der Waals surface area contributed by atoms with Crippen LogP contribution in [0.3, 0.4) is 0 Å². The maximum Gasteiger partial charge on any atom is 0.331 e. The van der Waals surface area contributed by atoms with Gasteiger partial charge >= 0.3 is 4.83 Å². The lowest BCUT2D eigenvalue weighted by atomic mass is 10.2. The Balaban J connectivity index is 2.92. The van der Waals surface area contributed by atoms with E-state index in [1.807, 2.05) is 0 Å². The van der Waals surface area contributed by atoms with Crippen LogP contribution in [0.25, 0.3) is 0 Å². The summed E-state index contributed by atoms with van der Waals surface area (Å²) in [6.07, 6.45) is -1.88. The zero-order valence-corrected chi connectivity index (χ0v) is 8.36. The Bertz CT molecular complexity index is 275. The second-order valence-corrected chi connectivity index (χ2v) is 4.01. The van der Waals surface area contributed by atoms with E-state index in [2.05, 4.69) is 25.5 Å². The molecule has 0 aliphatic heterocycles. The molecule has 0 aliphatic rings. The number of alkyl halides is 3. The maximum absolute atomic E-state index is 12.5. The van der Waals surface area contributed by atoms with Crippen molar-refractivity contribution in [2.45, 2.75) is 17.9 Å². The first kappa shape index (κ1) is 9.94. The molecule has 1 atom stereocenters. The van der Waals surface area contributed by atoms with Crippen molar-refractivity contribution in [3.05, 3.63) is 10.6 Å². The average molecular weight is 259 g/mol. The molecule has 68 valence electrons. The minimum absolute atomic E-state index is 0.0804. The number of hydrogen-bond acceptors (Lipinski definition) is 4. The van der Waals surface area contributed by atoms with E-state index in [0.29, 0.717) is 5.69 Å². The molecule has 0 amide bonds. The summed E-state index contributed by atoms with van der Waals surface area (Å²) in [4.78, 5) is -3.25. The fraction of sp³-hybridized carbons (Fsp3) is 0.600. The second-order valence-electron chi connectivity index (χ2n) is 2.17. The first-order valence-corrected chi connectivity index (χ1v) is 4.53. The normalized spacial score (nSPS) is 14.8. The summed E-state index contributed by atoms with van der Waals surface area (Å²) in [5, 5.41) is 12.6. The van der Waals surface area contributed by atoms with Crippen LogP contribution in [-0.2, 0) is 0 Å². The number of rotatable bonds is 2. The summed E-state index contributed by atoms with van der Waals surface area (Å²) in [5.41, 5.74) is 0.326. The Morgan fingerprint density at radius 1 is 1.67 bits per heavy atom. The molecule has 7 heteroatoms. The Labute approximate surface area is 79.7 Å². The lowest BCUT2D eigenvalue weighted by Crippen LogP contribution is -2.17. The Hall–Kier alpha value is -0.140. The third-order valence-electron chi connectivity index (χ3n) is 1.24. The van der Waals surface area contributed by atoms with Gasteiger partial charge in [-0.1, -0.05) is 4.49 Å². The quantitative estimate of drug-likeness (QED) is 0.824. The maximum atomic E-state index is 12.5. The van der Waals surface area contributed by atoms with Gasteiger partial charge < -0.3 is 5.11 Å². The molecule has 1 heterocycles. The SMILES string of the molecule is Cc1nnsc1C(O)C(F)(F)Br. The van der Waals surface area contributed by atoms with Gasteiger partial charge in [0.25, 0.3) is 0 Å². The highest BCUT2D eigenvalue weighted by atomic mass is 79.9.